The summed E-state index contributed by atoms with van der Waals surface area (Å²) in [7, 11) is 1.72. The van der Waals surface area contributed by atoms with Crippen molar-refractivity contribution >= 4 is 5.97 Å². The van der Waals surface area contributed by atoms with Crippen LogP contribution in [0, 0.1) is 13.8 Å². The van der Waals surface area contributed by atoms with Gasteiger partial charge in [0.25, 0.3) is 0 Å². The molecule has 2 rings (SSSR count). The number of benzene rings is 1. The van der Waals surface area contributed by atoms with Crippen molar-refractivity contribution in [2.24, 2.45) is 0 Å². The fourth-order valence-electron chi connectivity index (χ4n) is 2.59. The van der Waals surface area contributed by atoms with Gasteiger partial charge in [0.2, 0.25) is 0 Å². The third-order valence-corrected chi connectivity index (χ3v) is 3.80. The van der Waals surface area contributed by atoms with E-state index >= 15 is 0 Å². The second kappa shape index (κ2) is 6.20. The first kappa shape index (κ1) is 14.1. The molecule has 1 fully saturated rings. The first-order valence-corrected chi connectivity index (χ1v) is 6.91. The summed E-state index contributed by atoms with van der Waals surface area (Å²) in [5.74, 6) is -0.206. The van der Waals surface area contributed by atoms with E-state index in [0.717, 1.165) is 36.8 Å². The lowest BCUT2D eigenvalue weighted by atomic mass is 9.95. The molecule has 0 heterocycles. The zero-order chi connectivity index (χ0) is 13.8. The molecule has 0 saturated heterocycles. The molecular formula is C16H22O3. The van der Waals surface area contributed by atoms with E-state index in [1.807, 2.05) is 32.0 Å². The molecule has 1 aromatic carbocycles. The predicted octanol–water partition coefficient (Wildman–Crippen LogP) is 3.42. The van der Waals surface area contributed by atoms with Crippen molar-refractivity contribution in [1.29, 1.82) is 0 Å². The van der Waals surface area contributed by atoms with Gasteiger partial charge < -0.3 is 9.47 Å². The van der Waals surface area contributed by atoms with Crippen molar-refractivity contribution in [1.82, 2.24) is 0 Å². The fraction of sp³-hybridized carbons (Fsp3) is 0.562. The summed E-state index contributed by atoms with van der Waals surface area (Å²) in [5.41, 5.74) is 2.73. The summed E-state index contributed by atoms with van der Waals surface area (Å²) in [4.78, 5) is 12.2. The van der Waals surface area contributed by atoms with Crippen molar-refractivity contribution in [3.63, 3.8) is 0 Å². The molecule has 0 radical (unpaired) electrons. The summed E-state index contributed by atoms with van der Waals surface area (Å²) in [5, 5.41) is 0. The average molecular weight is 262 g/mol. The zero-order valence-electron chi connectivity index (χ0n) is 11.9. The summed E-state index contributed by atoms with van der Waals surface area (Å²) in [6.45, 7) is 3.92. The van der Waals surface area contributed by atoms with E-state index in [9.17, 15) is 4.79 Å². The Kier molecular flexibility index (Phi) is 4.59. The van der Waals surface area contributed by atoms with Crippen LogP contribution in [-0.2, 0) is 9.47 Å². The van der Waals surface area contributed by atoms with Crippen LogP contribution in [0.15, 0.2) is 18.2 Å². The minimum absolute atomic E-state index is 0.00823. The number of methoxy groups -OCH3 is 1. The highest BCUT2D eigenvalue weighted by Crippen LogP contribution is 2.24. The molecule has 1 aliphatic rings. The Morgan fingerprint density at radius 2 is 1.95 bits per heavy atom. The topological polar surface area (TPSA) is 35.5 Å². The Morgan fingerprint density at radius 1 is 1.21 bits per heavy atom. The SMILES string of the molecule is COC1CCCC(OC(=O)c2cc(C)ccc2C)C1. The second-order valence-electron chi connectivity index (χ2n) is 5.37. The van der Waals surface area contributed by atoms with E-state index in [4.69, 9.17) is 9.47 Å². The Bertz CT molecular complexity index is 453. The first-order valence-electron chi connectivity index (χ1n) is 6.91. The molecule has 104 valence electrons. The molecule has 0 N–H and O–H groups in total. The van der Waals surface area contributed by atoms with Gasteiger partial charge in [-0.15, -0.1) is 0 Å². The predicted molar refractivity (Wildman–Crippen MR) is 74.4 cm³/mol. The maximum absolute atomic E-state index is 12.2. The van der Waals surface area contributed by atoms with Crippen molar-refractivity contribution in [2.75, 3.05) is 7.11 Å². The number of esters is 1. The van der Waals surface area contributed by atoms with Crippen LogP contribution in [-0.4, -0.2) is 25.3 Å². The number of hydrogen-bond donors (Lipinski definition) is 0. The molecule has 2 unspecified atom stereocenters. The molecular weight excluding hydrogens is 240 g/mol. The second-order valence-corrected chi connectivity index (χ2v) is 5.37. The van der Waals surface area contributed by atoms with E-state index < -0.39 is 0 Å². The van der Waals surface area contributed by atoms with Gasteiger partial charge in [-0.05, 0) is 44.7 Å². The molecule has 0 amide bonds. The summed E-state index contributed by atoms with van der Waals surface area (Å²) in [6, 6.07) is 5.87. The highest BCUT2D eigenvalue weighted by Gasteiger charge is 2.25. The van der Waals surface area contributed by atoms with Crippen LogP contribution < -0.4 is 0 Å². The smallest absolute Gasteiger partial charge is 0.338 e. The van der Waals surface area contributed by atoms with E-state index in [1.165, 1.54) is 0 Å². The molecule has 0 aromatic heterocycles. The van der Waals surface area contributed by atoms with Gasteiger partial charge in [-0.1, -0.05) is 17.7 Å². The maximum atomic E-state index is 12.2. The number of carbonyl (C=O) groups excluding carboxylic acids is 1. The highest BCUT2D eigenvalue weighted by molar-refractivity contribution is 5.91. The Balaban J connectivity index is 2.02. The fourth-order valence-corrected chi connectivity index (χ4v) is 2.59. The standard InChI is InChI=1S/C16H22O3/c1-11-7-8-12(2)15(9-11)16(17)19-14-6-4-5-13(10-14)18-3/h7-9,13-14H,4-6,10H2,1-3H3. The number of carbonyl (C=O) groups is 1. The minimum Gasteiger partial charge on any atom is -0.459 e. The van der Waals surface area contributed by atoms with Crippen LogP contribution in [0.2, 0.25) is 0 Å². The quantitative estimate of drug-likeness (QED) is 0.783. The van der Waals surface area contributed by atoms with Gasteiger partial charge in [-0.25, -0.2) is 4.79 Å². The van der Waals surface area contributed by atoms with Crippen LogP contribution in [0.3, 0.4) is 0 Å². The first-order chi connectivity index (χ1) is 9.10. The lowest BCUT2D eigenvalue weighted by Gasteiger charge is -2.28. The Hall–Kier alpha value is -1.35. The summed E-state index contributed by atoms with van der Waals surface area (Å²) in [6.07, 6.45) is 4.09. The third-order valence-electron chi connectivity index (χ3n) is 3.80. The number of ether oxygens (including phenoxy) is 2. The minimum atomic E-state index is -0.206. The van der Waals surface area contributed by atoms with E-state index in [1.54, 1.807) is 7.11 Å². The summed E-state index contributed by atoms with van der Waals surface area (Å²) >= 11 is 0. The van der Waals surface area contributed by atoms with Gasteiger partial charge in [-0.3, -0.25) is 0 Å². The number of aryl methyl sites for hydroxylation is 2. The van der Waals surface area contributed by atoms with Gasteiger partial charge in [-0.2, -0.15) is 0 Å². The van der Waals surface area contributed by atoms with Gasteiger partial charge in [0.1, 0.15) is 6.10 Å². The normalized spacial score (nSPS) is 23.1. The Morgan fingerprint density at radius 3 is 2.68 bits per heavy atom. The van der Waals surface area contributed by atoms with Gasteiger partial charge in [0.05, 0.1) is 11.7 Å². The van der Waals surface area contributed by atoms with Crippen LogP contribution in [0.4, 0.5) is 0 Å². The molecule has 1 saturated carbocycles. The molecule has 1 aromatic rings. The van der Waals surface area contributed by atoms with E-state index in [-0.39, 0.29) is 18.2 Å². The summed E-state index contributed by atoms with van der Waals surface area (Å²) < 4.78 is 11.0. The third kappa shape index (κ3) is 3.57. The molecule has 0 aliphatic heterocycles. The van der Waals surface area contributed by atoms with E-state index in [0.29, 0.717) is 5.56 Å². The monoisotopic (exact) mass is 262 g/mol. The lowest BCUT2D eigenvalue weighted by Crippen LogP contribution is -2.29. The van der Waals surface area contributed by atoms with Crippen LogP contribution in [0.1, 0.15) is 47.2 Å². The zero-order valence-corrected chi connectivity index (χ0v) is 11.9. The van der Waals surface area contributed by atoms with Crippen molar-refractivity contribution in [2.45, 2.75) is 51.7 Å². The maximum Gasteiger partial charge on any atom is 0.338 e. The van der Waals surface area contributed by atoms with E-state index in [2.05, 4.69) is 0 Å². The number of rotatable bonds is 3. The largest absolute Gasteiger partial charge is 0.459 e. The van der Waals surface area contributed by atoms with Gasteiger partial charge in [0.15, 0.2) is 0 Å². The molecule has 3 heteroatoms. The lowest BCUT2D eigenvalue weighted by molar-refractivity contribution is -0.0149. The average Bonchev–Trinajstić information content (AvgIpc) is 2.41. The van der Waals surface area contributed by atoms with Crippen LogP contribution in [0.5, 0.6) is 0 Å². The molecule has 3 nitrogen and oxygen atoms in total. The van der Waals surface area contributed by atoms with Gasteiger partial charge >= 0.3 is 5.97 Å². The van der Waals surface area contributed by atoms with Gasteiger partial charge in [0, 0.05) is 13.5 Å². The molecule has 19 heavy (non-hydrogen) atoms. The molecule has 0 bridgehead atoms. The molecule has 2 atom stereocenters. The van der Waals surface area contributed by atoms with Crippen molar-refractivity contribution in [3.05, 3.63) is 34.9 Å². The van der Waals surface area contributed by atoms with Crippen LogP contribution >= 0.6 is 0 Å². The Labute approximate surface area is 114 Å². The highest BCUT2D eigenvalue weighted by atomic mass is 16.5. The molecule has 0 spiro atoms. The number of hydrogen-bond acceptors (Lipinski definition) is 3. The van der Waals surface area contributed by atoms with Crippen molar-refractivity contribution < 1.29 is 14.3 Å². The van der Waals surface area contributed by atoms with Crippen molar-refractivity contribution in [3.8, 4) is 0 Å². The molecule has 1 aliphatic carbocycles. The van der Waals surface area contributed by atoms with Crippen LogP contribution in [0.25, 0.3) is 0 Å².